The number of aromatic amines is 1. The SMILES string of the molecule is O=C(Nc1ccc(-c2cc(-c3ccc(NC(=O)[C@@H]4CCCN4C(=O)[C@@H](O)c4ccccc4)cc3)[nH]n2)cc1)[C@@H]1CCCN1C(=O)[C@@H](O)c1ccccc1. The average Bonchev–Trinajstić information content (AvgIpc) is 4.00. The molecule has 4 aromatic carbocycles. The van der Waals surface area contributed by atoms with Crippen LogP contribution in [-0.2, 0) is 19.2 Å². The third-order valence-electron chi connectivity index (χ3n) is 9.87. The van der Waals surface area contributed by atoms with Gasteiger partial charge < -0.3 is 30.6 Å². The van der Waals surface area contributed by atoms with E-state index in [1.807, 2.05) is 42.5 Å². The topological polar surface area (TPSA) is 168 Å². The third-order valence-corrected chi connectivity index (χ3v) is 9.87. The number of benzene rings is 4. The highest BCUT2D eigenvalue weighted by Crippen LogP contribution is 2.29. The Labute approximate surface area is 306 Å². The summed E-state index contributed by atoms with van der Waals surface area (Å²) in [5.74, 6) is -1.57. The van der Waals surface area contributed by atoms with Crippen molar-refractivity contribution in [3.8, 4) is 22.5 Å². The molecule has 2 saturated heterocycles. The first-order valence-electron chi connectivity index (χ1n) is 17.7. The van der Waals surface area contributed by atoms with Crippen LogP contribution in [0.5, 0.6) is 0 Å². The van der Waals surface area contributed by atoms with E-state index in [-0.39, 0.29) is 11.8 Å². The van der Waals surface area contributed by atoms with Crippen LogP contribution in [0.1, 0.15) is 49.0 Å². The molecule has 12 nitrogen and oxygen atoms in total. The zero-order valence-electron chi connectivity index (χ0n) is 28.9. The molecule has 3 heterocycles. The number of aliphatic hydroxyl groups is 2. The number of hydrogen-bond donors (Lipinski definition) is 5. The van der Waals surface area contributed by atoms with Crippen LogP contribution in [0, 0.1) is 0 Å². The monoisotopic (exact) mass is 712 g/mol. The van der Waals surface area contributed by atoms with Gasteiger partial charge in [0.15, 0.2) is 12.2 Å². The van der Waals surface area contributed by atoms with Crippen molar-refractivity contribution in [1.82, 2.24) is 20.0 Å². The van der Waals surface area contributed by atoms with Crippen LogP contribution in [0.4, 0.5) is 11.4 Å². The van der Waals surface area contributed by atoms with Crippen molar-refractivity contribution in [3.63, 3.8) is 0 Å². The lowest BCUT2D eigenvalue weighted by atomic mass is 10.1. The van der Waals surface area contributed by atoms with Crippen molar-refractivity contribution in [2.75, 3.05) is 23.7 Å². The van der Waals surface area contributed by atoms with E-state index >= 15 is 0 Å². The summed E-state index contributed by atoms with van der Waals surface area (Å²) in [6.45, 7) is 0.809. The molecule has 4 atom stereocenters. The maximum atomic E-state index is 13.2. The number of anilines is 2. The highest BCUT2D eigenvalue weighted by atomic mass is 16.3. The molecule has 53 heavy (non-hydrogen) atoms. The molecule has 2 aliphatic rings. The molecule has 5 aromatic rings. The predicted molar refractivity (Wildman–Crippen MR) is 199 cm³/mol. The van der Waals surface area contributed by atoms with E-state index in [2.05, 4.69) is 20.8 Å². The molecule has 5 N–H and O–H groups in total. The lowest BCUT2D eigenvalue weighted by Crippen LogP contribution is -2.45. The van der Waals surface area contributed by atoms with Gasteiger partial charge in [-0.1, -0.05) is 84.9 Å². The molecule has 0 bridgehead atoms. The Morgan fingerprint density at radius 2 is 1.06 bits per heavy atom. The second-order valence-corrected chi connectivity index (χ2v) is 13.3. The standard InChI is InChI=1S/C41H40N6O6/c48-36(28-9-3-1-4-10-28)40(52)46-23-7-13-34(46)38(50)42-30-19-15-26(16-20-30)32-25-33(45-44-32)27-17-21-31(22-18-27)43-39(51)35-14-8-24-47(35)41(53)37(49)29-11-5-2-6-12-29/h1-6,9-12,15-22,25,34-37,48-49H,7-8,13-14,23-24H2,(H,42,50)(H,43,51)(H,44,45)/t34-,35-,36-,37-/m0/s1. The normalized spacial score (nSPS) is 18.0. The fourth-order valence-electron chi connectivity index (χ4n) is 7.00. The molecule has 0 aliphatic carbocycles. The van der Waals surface area contributed by atoms with Crippen LogP contribution in [0.15, 0.2) is 115 Å². The van der Waals surface area contributed by atoms with E-state index in [0.29, 0.717) is 67.0 Å². The first-order chi connectivity index (χ1) is 25.8. The number of hydrogen-bond acceptors (Lipinski definition) is 7. The smallest absolute Gasteiger partial charge is 0.256 e. The molecule has 270 valence electrons. The van der Waals surface area contributed by atoms with E-state index in [4.69, 9.17) is 0 Å². The predicted octanol–water partition coefficient (Wildman–Crippen LogP) is 5.07. The molecular weight excluding hydrogens is 672 g/mol. The molecule has 12 heteroatoms. The number of aliphatic hydroxyl groups excluding tert-OH is 2. The van der Waals surface area contributed by atoms with Gasteiger partial charge in [-0.05, 0) is 72.7 Å². The van der Waals surface area contributed by atoms with Gasteiger partial charge in [-0.15, -0.1) is 0 Å². The Morgan fingerprint density at radius 3 is 1.51 bits per heavy atom. The molecular formula is C41H40N6O6. The molecule has 0 radical (unpaired) electrons. The summed E-state index contributed by atoms with van der Waals surface area (Å²) >= 11 is 0. The van der Waals surface area contributed by atoms with E-state index in [1.54, 1.807) is 72.8 Å². The average molecular weight is 713 g/mol. The fraction of sp³-hybridized carbons (Fsp3) is 0.244. The van der Waals surface area contributed by atoms with Gasteiger partial charge in [0.1, 0.15) is 12.1 Å². The van der Waals surface area contributed by atoms with Crippen LogP contribution >= 0.6 is 0 Å². The van der Waals surface area contributed by atoms with Crippen LogP contribution in [0.25, 0.3) is 22.5 Å². The van der Waals surface area contributed by atoms with Crippen molar-refractivity contribution in [3.05, 3.63) is 126 Å². The number of amides is 4. The summed E-state index contributed by atoms with van der Waals surface area (Å²) in [5, 5.41) is 34.6. The van der Waals surface area contributed by atoms with Crippen LogP contribution in [-0.4, -0.2) is 79.0 Å². The molecule has 1 aromatic heterocycles. The second kappa shape index (κ2) is 15.6. The Balaban J connectivity index is 0.938. The Hall–Kier alpha value is -6.11. The van der Waals surface area contributed by atoms with E-state index in [1.165, 1.54) is 9.80 Å². The molecule has 0 spiro atoms. The van der Waals surface area contributed by atoms with E-state index in [9.17, 15) is 29.4 Å². The summed E-state index contributed by atoms with van der Waals surface area (Å²) in [4.78, 5) is 55.5. The van der Waals surface area contributed by atoms with Crippen LogP contribution in [0.2, 0.25) is 0 Å². The van der Waals surface area contributed by atoms with Crippen molar-refractivity contribution < 1.29 is 29.4 Å². The Bertz CT molecular complexity index is 1920. The summed E-state index contributed by atoms with van der Waals surface area (Å²) in [7, 11) is 0. The first-order valence-corrected chi connectivity index (χ1v) is 17.7. The lowest BCUT2D eigenvalue weighted by Gasteiger charge is -2.26. The number of carbonyl (C=O) groups is 4. The molecule has 0 saturated carbocycles. The number of H-pyrrole nitrogens is 1. The van der Waals surface area contributed by atoms with Gasteiger partial charge in [-0.25, -0.2) is 0 Å². The summed E-state index contributed by atoms with van der Waals surface area (Å²) < 4.78 is 0. The lowest BCUT2D eigenvalue weighted by molar-refractivity contribution is -0.144. The molecule has 7 rings (SSSR count). The Kier molecular flexibility index (Phi) is 10.4. The molecule has 2 fully saturated rings. The third kappa shape index (κ3) is 7.74. The van der Waals surface area contributed by atoms with Gasteiger partial charge in [-0.2, -0.15) is 5.10 Å². The van der Waals surface area contributed by atoms with Crippen LogP contribution in [0.3, 0.4) is 0 Å². The zero-order chi connectivity index (χ0) is 36.9. The Morgan fingerprint density at radius 1 is 0.623 bits per heavy atom. The number of nitrogens with one attached hydrogen (secondary N) is 3. The van der Waals surface area contributed by atoms with Gasteiger partial charge in [0.05, 0.1) is 11.4 Å². The van der Waals surface area contributed by atoms with Gasteiger partial charge in [0, 0.05) is 30.0 Å². The van der Waals surface area contributed by atoms with Crippen molar-refractivity contribution in [1.29, 1.82) is 0 Å². The van der Waals surface area contributed by atoms with E-state index < -0.39 is 36.1 Å². The maximum Gasteiger partial charge on any atom is 0.256 e. The number of likely N-dealkylation sites (tertiary alicyclic amines) is 2. The highest BCUT2D eigenvalue weighted by molar-refractivity contribution is 5.99. The fourth-order valence-corrected chi connectivity index (χ4v) is 7.00. The van der Waals surface area contributed by atoms with Gasteiger partial charge in [0.25, 0.3) is 11.8 Å². The molecule has 2 aliphatic heterocycles. The second-order valence-electron chi connectivity index (χ2n) is 13.3. The number of rotatable bonds is 10. The summed E-state index contributed by atoms with van der Waals surface area (Å²) in [5.41, 5.74) is 5.27. The maximum absolute atomic E-state index is 13.2. The van der Waals surface area contributed by atoms with Gasteiger partial charge in [-0.3, -0.25) is 24.3 Å². The first kappa shape index (κ1) is 35.3. The van der Waals surface area contributed by atoms with Crippen molar-refractivity contribution in [2.24, 2.45) is 0 Å². The van der Waals surface area contributed by atoms with Gasteiger partial charge in [0.2, 0.25) is 11.8 Å². The van der Waals surface area contributed by atoms with Gasteiger partial charge >= 0.3 is 0 Å². The zero-order valence-corrected chi connectivity index (χ0v) is 28.9. The number of nitrogens with zero attached hydrogens (tertiary/aromatic N) is 3. The minimum Gasteiger partial charge on any atom is -0.378 e. The molecule has 4 amide bonds. The number of carbonyl (C=O) groups excluding carboxylic acids is 4. The highest BCUT2D eigenvalue weighted by Gasteiger charge is 2.38. The summed E-state index contributed by atoms with van der Waals surface area (Å²) in [6.07, 6.45) is -0.272. The van der Waals surface area contributed by atoms with Crippen molar-refractivity contribution in [2.45, 2.75) is 50.0 Å². The minimum absolute atomic E-state index is 0.303. The van der Waals surface area contributed by atoms with E-state index in [0.717, 1.165) is 16.8 Å². The summed E-state index contributed by atoms with van der Waals surface area (Å²) in [6, 6.07) is 32.5. The van der Waals surface area contributed by atoms with Crippen LogP contribution < -0.4 is 10.6 Å². The molecule has 0 unspecified atom stereocenters. The number of aromatic nitrogens is 2. The minimum atomic E-state index is -1.32. The quantitative estimate of drug-likeness (QED) is 0.135. The van der Waals surface area contributed by atoms with Crippen molar-refractivity contribution >= 4 is 35.0 Å². The largest absolute Gasteiger partial charge is 0.378 e.